The van der Waals surface area contributed by atoms with Crippen molar-refractivity contribution in [3.8, 4) is 17.3 Å². The van der Waals surface area contributed by atoms with Gasteiger partial charge in [-0.15, -0.1) is 0 Å². The maximum Gasteiger partial charge on any atom is 0.152 e. The number of aromatic amines is 1. The minimum Gasteiger partial charge on any atom is -0.277 e. The maximum absolute atomic E-state index is 14.2. The molecule has 0 aliphatic heterocycles. The normalized spacial score (nSPS) is 10.6. The molecule has 3 rings (SSSR count). The summed E-state index contributed by atoms with van der Waals surface area (Å²) in [5.74, 6) is -1.07. The first-order chi connectivity index (χ1) is 9.20. The highest BCUT2D eigenvalue weighted by atomic mass is 19.1. The van der Waals surface area contributed by atoms with Crippen molar-refractivity contribution in [2.45, 2.75) is 0 Å². The van der Waals surface area contributed by atoms with E-state index in [4.69, 9.17) is 5.26 Å². The largest absolute Gasteiger partial charge is 0.277 e. The van der Waals surface area contributed by atoms with Crippen LogP contribution in [0.2, 0.25) is 0 Å². The Kier molecular flexibility index (Phi) is 2.50. The summed E-state index contributed by atoms with van der Waals surface area (Å²) < 4.78 is 27.4. The van der Waals surface area contributed by atoms with E-state index in [0.29, 0.717) is 16.8 Å². The molecule has 0 saturated heterocycles. The van der Waals surface area contributed by atoms with Crippen LogP contribution in [0.3, 0.4) is 0 Å². The SMILES string of the molecule is N#Cc1ccc2[nH]nc(-c3cccc(F)c3)c2c1F. The third-order valence-corrected chi connectivity index (χ3v) is 2.89. The highest BCUT2D eigenvalue weighted by Gasteiger charge is 2.15. The van der Waals surface area contributed by atoms with Gasteiger partial charge in [0.25, 0.3) is 0 Å². The second-order valence-electron chi connectivity index (χ2n) is 4.04. The van der Waals surface area contributed by atoms with Gasteiger partial charge in [0.2, 0.25) is 0 Å². The van der Waals surface area contributed by atoms with Crippen molar-refractivity contribution in [2.24, 2.45) is 0 Å². The molecule has 0 fully saturated rings. The van der Waals surface area contributed by atoms with Gasteiger partial charge < -0.3 is 0 Å². The van der Waals surface area contributed by atoms with Crippen molar-refractivity contribution in [3.05, 3.63) is 53.6 Å². The van der Waals surface area contributed by atoms with E-state index in [1.165, 1.54) is 24.3 Å². The van der Waals surface area contributed by atoms with Gasteiger partial charge in [-0.2, -0.15) is 10.4 Å². The Morgan fingerprint density at radius 2 is 2.00 bits per heavy atom. The third-order valence-electron chi connectivity index (χ3n) is 2.89. The Balaban J connectivity index is 2.34. The van der Waals surface area contributed by atoms with Crippen LogP contribution in [0.1, 0.15) is 5.56 Å². The lowest BCUT2D eigenvalue weighted by Crippen LogP contribution is -1.87. The van der Waals surface area contributed by atoms with Gasteiger partial charge in [-0.05, 0) is 24.3 Å². The highest BCUT2D eigenvalue weighted by Crippen LogP contribution is 2.30. The number of hydrogen-bond acceptors (Lipinski definition) is 2. The van der Waals surface area contributed by atoms with Gasteiger partial charge in [0, 0.05) is 5.56 Å². The van der Waals surface area contributed by atoms with Gasteiger partial charge >= 0.3 is 0 Å². The quantitative estimate of drug-likeness (QED) is 0.724. The van der Waals surface area contributed by atoms with Crippen molar-refractivity contribution in [1.29, 1.82) is 5.26 Å². The summed E-state index contributed by atoms with van der Waals surface area (Å²) in [6.07, 6.45) is 0. The molecule has 0 amide bonds. The lowest BCUT2D eigenvalue weighted by atomic mass is 10.1. The molecular formula is C14H7F2N3. The molecule has 0 bridgehead atoms. The maximum atomic E-state index is 14.2. The van der Waals surface area contributed by atoms with Gasteiger partial charge in [-0.3, -0.25) is 5.10 Å². The molecule has 1 N–H and O–H groups in total. The van der Waals surface area contributed by atoms with Crippen LogP contribution in [-0.2, 0) is 0 Å². The van der Waals surface area contributed by atoms with Crippen molar-refractivity contribution >= 4 is 10.9 Å². The first-order valence-corrected chi connectivity index (χ1v) is 5.53. The zero-order valence-corrected chi connectivity index (χ0v) is 9.61. The van der Waals surface area contributed by atoms with Crippen LogP contribution in [0, 0.1) is 23.0 Å². The Hall–Kier alpha value is -2.74. The van der Waals surface area contributed by atoms with Crippen LogP contribution in [-0.4, -0.2) is 10.2 Å². The Morgan fingerprint density at radius 3 is 2.74 bits per heavy atom. The Labute approximate surface area is 107 Å². The number of nitrogens with one attached hydrogen (secondary N) is 1. The van der Waals surface area contributed by atoms with Gasteiger partial charge in [-0.1, -0.05) is 12.1 Å². The van der Waals surface area contributed by atoms with E-state index in [-0.39, 0.29) is 10.9 Å². The summed E-state index contributed by atoms with van der Waals surface area (Å²) in [5.41, 5.74) is 1.16. The fourth-order valence-electron chi connectivity index (χ4n) is 2.00. The number of rotatable bonds is 1. The number of benzene rings is 2. The monoisotopic (exact) mass is 255 g/mol. The molecule has 0 saturated carbocycles. The van der Waals surface area contributed by atoms with Crippen LogP contribution in [0.5, 0.6) is 0 Å². The summed E-state index contributed by atoms with van der Waals surface area (Å²) in [6.45, 7) is 0. The number of aromatic nitrogens is 2. The van der Waals surface area contributed by atoms with Crippen molar-refractivity contribution in [1.82, 2.24) is 10.2 Å². The summed E-state index contributed by atoms with van der Waals surface area (Å²) in [6, 6.07) is 10.5. The second kappa shape index (κ2) is 4.18. The topological polar surface area (TPSA) is 52.5 Å². The van der Waals surface area contributed by atoms with Gasteiger partial charge in [0.1, 0.15) is 17.6 Å². The fraction of sp³-hybridized carbons (Fsp3) is 0. The standard InChI is InChI=1S/C14H7F2N3/c15-10-3-1-2-8(6-10)14-12-11(18-19-14)5-4-9(7-17)13(12)16/h1-6H,(H,18,19). The average molecular weight is 255 g/mol. The summed E-state index contributed by atoms with van der Waals surface area (Å²) >= 11 is 0. The predicted octanol–water partition coefficient (Wildman–Crippen LogP) is 3.38. The number of nitrogens with zero attached hydrogens (tertiary/aromatic N) is 2. The first-order valence-electron chi connectivity index (χ1n) is 5.53. The fourth-order valence-corrected chi connectivity index (χ4v) is 2.00. The Bertz CT molecular complexity index is 815. The van der Waals surface area contributed by atoms with E-state index in [0.717, 1.165) is 0 Å². The van der Waals surface area contributed by atoms with Crippen molar-refractivity contribution in [3.63, 3.8) is 0 Å². The molecular weight excluding hydrogens is 248 g/mol. The smallest absolute Gasteiger partial charge is 0.152 e. The van der Waals surface area contributed by atoms with E-state index >= 15 is 0 Å². The van der Waals surface area contributed by atoms with Crippen LogP contribution in [0.25, 0.3) is 22.2 Å². The minimum atomic E-state index is -0.645. The van der Waals surface area contributed by atoms with E-state index < -0.39 is 11.6 Å². The number of halogens is 2. The molecule has 0 aliphatic rings. The van der Waals surface area contributed by atoms with Gasteiger partial charge in [-0.25, -0.2) is 8.78 Å². The lowest BCUT2D eigenvalue weighted by Gasteiger charge is -2.00. The second-order valence-corrected chi connectivity index (χ2v) is 4.04. The summed E-state index contributed by atoms with van der Waals surface area (Å²) in [4.78, 5) is 0. The molecule has 92 valence electrons. The minimum absolute atomic E-state index is 0.0634. The summed E-state index contributed by atoms with van der Waals surface area (Å²) in [5, 5.41) is 15.7. The van der Waals surface area contributed by atoms with E-state index in [1.54, 1.807) is 18.2 Å². The van der Waals surface area contributed by atoms with E-state index in [2.05, 4.69) is 10.2 Å². The molecule has 0 atom stereocenters. The number of fused-ring (bicyclic) bond motifs is 1. The number of hydrogen-bond donors (Lipinski definition) is 1. The molecule has 0 spiro atoms. The highest BCUT2D eigenvalue weighted by molar-refractivity contribution is 5.94. The van der Waals surface area contributed by atoms with E-state index in [9.17, 15) is 8.78 Å². The van der Waals surface area contributed by atoms with Crippen molar-refractivity contribution < 1.29 is 8.78 Å². The molecule has 3 aromatic rings. The lowest BCUT2D eigenvalue weighted by molar-refractivity contribution is 0.628. The zero-order valence-electron chi connectivity index (χ0n) is 9.61. The molecule has 3 nitrogen and oxygen atoms in total. The van der Waals surface area contributed by atoms with Crippen LogP contribution >= 0.6 is 0 Å². The van der Waals surface area contributed by atoms with Gasteiger partial charge in [0.05, 0.1) is 16.5 Å². The molecule has 0 radical (unpaired) electrons. The molecule has 2 aromatic carbocycles. The Morgan fingerprint density at radius 1 is 1.16 bits per heavy atom. The summed E-state index contributed by atoms with van der Waals surface area (Å²) in [7, 11) is 0. The first kappa shape index (κ1) is 11.4. The van der Waals surface area contributed by atoms with E-state index in [1.807, 2.05) is 0 Å². The number of H-pyrrole nitrogens is 1. The molecule has 1 aromatic heterocycles. The van der Waals surface area contributed by atoms with Gasteiger partial charge in [0.15, 0.2) is 5.82 Å². The molecule has 0 aliphatic carbocycles. The molecule has 19 heavy (non-hydrogen) atoms. The zero-order chi connectivity index (χ0) is 13.4. The van der Waals surface area contributed by atoms with Crippen molar-refractivity contribution in [2.75, 3.05) is 0 Å². The molecule has 0 unspecified atom stereocenters. The van der Waals surface area contributed by atoms with Crippen LogP contribution < -0.4 is 0 Å². The molecule has 5 heteroatoms. The number of nitriles is 1. The van der Waals surface area contributed by atoms with Crippen LogP contribution in [0.15, 0.2) is 36.4 Å². The average Bonchev–Trinajstić information content (AvgIpc) is 2.84. The predicted molar refractivity (Wildman–Crippen MR) is 66.2 cm³/mol. The molecule has 1 heterocycles. The van der Waals surface area contributed by atoms with Crippen LogP contribution in [0.4, 0.5) is 8.78 Å². The third kappa shape index (κ3) is 1.74.